The minimum Gasteiger partial charge on any atom is -0.205 e. The maximum absolute atomic E-state index is 12.8. The third-order valence-corrected chi connectivity index (χ3v) is 2.88. The average Bonchev–Trinajstić information content (AvgIpc) is 2.30. The molecule has 0 fully saturated rings. The zero-order valence-corrected chi connectivity index (χ0v) is 9.92. The fourth-order valence-electron chi connectivity index (χ4n) is 1.58. The molecule has 0 saturated heterocycles. The largest absolute Gasteiger partial charge is 0.264 e. The second-order valence-corrected chi connectivity index (χ2v) is 4.31. The molecule has 16 heavy (non-hydrogen) atoms. The van der Waals surface area contributed by atoms with Gasteiger partial charge < -0.3 is 0 Å². The Balaban J connectivity index is 2.51. The van der Waals surface area contributed by atoms with Gasteiger partial charge in [-0.2, -0.15) is 0 Å². The van der Waals surface area contributed by atoms with Gasteiger partial charge in [0.05, 0.1) is 0 Å². The quantitative estimate of drug-likeness (QED) is 0.723. The molecule has 0 N–H and O–H groups in total. The van der Waals surface area contributed by atoms with Gasteiger partial charge in [-0.3, -0.25) is 0 Å². The summed E-state index contributed by atoms with van der Waals surface area (Å²) in [6, 6.07) is 13.9. The van der Waals surface area contributed by atoms with Gasteiger partial charge in [-0.05, 0) is 23.3 Å². The van der Waals surface area contributed by atoms with E-state index in [1.165, 1.54) is 6.07 Å². The lowest BCUT2D eigenvalue weighted by Crippen LogP contribution is -1.89. The molecule has 3 heteroatoms. The van der Waals surface area contributed by atoms with Crippen LogP contribution in [0.5, 0.6) is 0 Å². The number of alkyl halides is 2. The number of hydrogen-bond acceptors (Lipinski definition) is 0. The van der Waals surface area contributed by atoms with E-state index in [0.29, 0.717) is 5.56 Å². The van der Waals surface area contributed by atoms with Crippen LogP contribution in [0.3, 0.4) is 0 Å². The molecule has 0 nitrogen and oxygen atoms in total. The highest BCUT2D eigenvalue weighted by Crippen LogP contribution is 2.31. The van der Waals surface area contributed by atoms with Crippen LogP contribution >= 0.6 is 15.9 Å². The smallest absolute Gasteiger partial charge is 0.205 e. The second kappa shape index (κ2) is 4.74. The Morgan fingerprint density at radius 3 is 2.12 bits per heavy atom. The maximum atomic E-state index is 12.8. The first-order valence-corrected chi connectivity index (χ1v) is 5.61. The van der Waals surface area contributed by atoms with E-state index < -0.39 is 6.43 Å². The number of rotatable bonds is 2. The van der Waals surface area contributed by atoms with E-state index in [2.05, 4.69) is 15.9 Å². The molecule has 0 unspecified atom stereocenters. The van der Waals surface area contributed by atoms with Crippen molar-refractivity contribution in [2.24, 2.45) is 0 Å². The Morgan fingerprint density at radius 2 is 1.50 bits per heavy atom. The molecular weight excluding hydrogens is 274 g/mol. The van der Waals surface area contributed by atoms with Crippen molar-refractivity contribution in [1.29, 1.82) is 0 Å². The Kier molecular flexibility index (Phi) is 3.34. The second-order valence-electron chi connectivity index (χ2n) is 3.39. The van der Waals surface area contributed by atoms with Gasteiger partial charge in [-0.1, -0.05) is 52.3 Å². The van der Waals surface area contributed by atoms with Gasteiger partial charge in [-0.25, -0.2) is 8.78 Å². The Bertz CT molecular complexity index is 478. The molecule has 0 atom stereocenters. The molecule has 0 aromatic heterocycles. The highest BCUT2D eigenvalue weighted by atomic mass is 79.9. The van der Waals surface area contributed by atoms with E-state index in [9.17, 15) is 8.78 Å². The topological polar surface area (TPSA) is 0 Å². The van der Waals surface area contributed by atoms with Gasteiger partial charge >= 0.3 is 0 Å². The molecule has 0 saturated carbocycles. The van der Waals surface area contributed by atoms with Crippen LogP contribution in [0.15, 0.2) is 53.0 Å². The SMILES string of the molecule is FC(F)c1ccccc1-c1ccc(Br)cc1. The van der Waals surface area contributed by atoms with Crippen LogP contribution in [-0.4, -0.2) is 0 Å². The molecule has 2 aromatic carbocycles. The predicted molar refractivity (Wildman–Crippen MR) is 64.5 cm³/mol. The van der Waals surface area contributed by atoms with Crippen molar-refractivity contribution >= 4 is 15.9 Å². The fraction of sp³-hybridized carbons (Fsp3) is 0.0769. The molecule has 0 bridgehead atoms. The van der Waals surface area contributed by atoms with Crippen LogP contribution in [-0.2, 0) is 0 Å². The van der Waals surface area contributed by atoms with Crippen molar-refractivity contribution in [3.8, 4) is 11.1 Å². The number of hydrogen-bond donors (Lipinski definition) is 0. The predicted octanol–water partition coefficient (Wildman–Crippen LogP) is 5.05. The summed E-state index contributed by atoms with van der Waals surface area (Å²) in [6.45, 7) is 0. The van der Waals surface area contributed by atoms with Crippen LogP contribution < -0.4 is 0 Å². The van der Waals surface area contributed by atoms with Crippen molar-refractivity contribution in [1.82, 2.24) is 0 Å². The van der Waals surface area contributed by atoms with Crippen molar-refractivity contribution in [2.75, 3.05) is 0 Å². The number of benzene rings is 2. The van der Waals surface area contributed by atoms with E-state index in [4.69, 9.17) is 0 Å². The monoisotopic (exact) mass is 282 g/mol. The van der Waals surface area contributed by atoms with Crippen LogP contribution in [0, 0.1) is 0 Å². The van der Waals surface area contributed by atoms with Gasteiger partial charge in [0.25, 0.3) is 6.43 Å². The van der Waals surface area contributed by atoms with Crippen LogP contribution in [0.2, 0.25) is 0 Å². The van der Waals surface area contributed by atoms with Gasteiger partial charge in [0.1, 0.15) is 0 Å². The molecule has 0 spiro atoms. The van der Waals surface area contributed by atoms with Crippen LogP contribution in [0.1, 0.15) is 12.0 Å². The van der Waals surface area contributed by atoms with Crippen molar-refractivity contribution in [3.05, 3.63) is 58.6 Å². The minimum absolute atomic E-state index is 0.0739. The first-order valence-electron chi connectivity index (χ1n) is 4.81. The summed E-state index contributed by atoms with van der Waals surface area (Å²) in [5.74, 6) is 0. The minimum atomic E-state index is -2.44. The van der Waals surface area contributed by atoms with Crippen LogP contribution in [0.25, 0.3) is 11.1 Å². The third-order valence-electron chi connectivity index (χ3n) is 2.35. The molecule has 2 aromatic rings. The summed E-state index contributed by atoms with van der Waals surface area (Å²) in [7, 11) is 0. The molecule has 0 amide bonds. The lowest BCUT2D eigenvalue weighted by molar-refractivity contribution is 0.152. The summed E-state index contributed by atoms with van der Waals surface area (Å²) < 4.78 is 26.5. The van der Waals surface area contributed by atoms with Gasteiger partial charge in [-0.15, -0.1) is 0 Å². The zero-order valence-electron chi connectivity index (χ0n) is 8.33. The Hall–Kier alpha value is -1.22. The van der Waals surface area contributed by atoms with Crippen molar-refractivity contribution in [2.45, 2.75) is 6.43 Å². The first kappa shape index (κ1) is 11.3. The van der Waals surface area contributed by atoms with E-state index in [0.717, 1.165) is 10.0 Å². The summed E-state index contributed by atoms with van der Waals surface area (Å²) in [4.78, 5) is 0. The van der Waals surface area contributed by atoms with Gasteiger partial charge in [0, 0.05) is 10.0 Å². The molecule has 0 aliphatic heterocycles. The van der Waals surface area contributed by atoms with E-state index in [-0.39, 0.29) is 5.56 Å². The zero-order chi connectivity index (χ0) is 11.5. The van der Waals surface area contributed by atoms with Crippen LogP contribution in [0.4, 0.5) is 8.78 Å². The van der Waals surface area contributed by atoms with Crippen molar-refractivity contribution < 1.29 is 8.78 Å². The molecular formula is C13H9BrF2. The summed E-state index contributed by atoms with van der Waals surface area (Å²) in [5, 5.41) is 0. The molecule has 0 aliphatic carbocycles. The molecule has 82 valence electrons. The third kappa shape index (κ3) is 2.30. The summed E-state index contributed by atoms with van der Waals surface area (Å²) in [5.41, 5.74) is 1.47. The van der Waals surface area contributed by atoms with E-state index in [1.807, 2.05) is 24.3 Å². The standard InChI is InChI=1S/C13H9BrF2/c14-10-7-5-9(6-8-10)11-3-1-2-4-12(11)13(15)16/h1-8,13H. The van der Waals surface area contributed by atoms with E-state index >= 15 is 0 Å². The van der Waals surface area contributed by atoms with Gasteiger partial charge in [0.15, 0.2) is 0 Å². The Morgan fingerprint density at radius 1 is 0.875 bits per heavy atom. The van der Waals surface area contributed by atoms with E-state index in [1.54, 1.807) is 18.2 Å². The molecule has 0 aliphatic rings. The van der Waals surface area contributed by atoms with Gasteiger partial charge in [0.2, 0.25) is 0 Å². The summed E-state index contributed by atoms with van der Waals surface area (Å²) >= 11 is 3.32. The first-order chi connectivity index (χ1) is 7.68. The lowest BCUT2D eigenvalue weighted by Gasteiger charge is -2.08. The maximum Gasteiger partial charge on any atom is 0.264 e. The Labute approximate surface area is 101 Å². The highest BCUT2D eigenvalue weighted by Gasteiger charge is 2.12. The number of halogens is 3. The molecule has 2 rings (SSSR count). The fourth-order valence-corrected chi connectivity index (χ4v) is 1.84. The lowest BCUT2D eigenvalue weighted by atomic mass is 10.0. The normalized spacial score (nSPS) is 10.8. The molecule has 0 heterocycles. The molecule has 0 radical (unpaired) electrons. The average molecular weight is 283 g/mol. The highest BCUT2D eigenvalue weighted by molar-refractivity contribution is 9.10. The summed E-state index contributed by atoms with van der Waals surface area (Å²) in [6.07, 6.45) is -2.44. The van der Waals surface area contributed by atoms with Crippen molar-refractivity contribution in [3.63, 3.8) is 0 Å².